The molecule has 1 rings (SSSR count). The maximum absolute atomic E-state index is 11.6. The van der Waals surface area contributed by atoms with E-state index in [9.17, 15) is 4.79 Å². The molecule has 0 aromatic heterocycles. The molecule has 0 heterocycles. The molecule has 0 amide bonds. The van der Waals surface area contributed by atoms with E-state index in [0.29, 0.717) is 31.3 Å². The first kappa shape index (κ1) is 15.8. The van der Waals surface area contributed by atoms with Crippen LogP contribution in [0.15, 0.2) is 5.11 Å². The number of nitrogens with zero attached hydrogens (tertiary/aromatic N) is 3. The van der Waals surface area contributed by atoms with Crippen LogP contribution in [-0.2, 0) is 9.53 Å². The summed E-state index contributed by atoms with van der Waals surface area (Å²) in [7, 11) is 0. The van der Waals surface area contributed by atoms with E-state index in [1.54, 1.807) is 6.92 Å². The second kappa shape index (κ2) is 7.39. The zero-order chi connectivity index (χ0) is 14.3. The molecule has 108 valence electrons. The van der Waals surface area contributed by atoms with Crippen molar-refractivity contribution in [3.8, 4) is 0 Å². The molecule has 0 radical (unpaired) electrons. The Hall–Kier alpha value is -1.22. The Morgan fingerprint density at radius 1 is 1.53 bits per heavy atom. The van der Waals surface area contributed by atoms with E-state index < -0.39 is 5.54 Å². The zero-order valence-corrected chi connectivity index (χ0v) is 12.3. The van der Waals surface area contributed by atoms with Gasteiger partial charge in [-0.1, -0.05) is 31.8 Å². The van der Waals surface area contributed by atoms with Gasteiger partial charge in [0.2, 0.25) is 0 Å². The van der Waals surface area contributed by atoms with Gasteiger partial charge in [0.05, 0.1) is 12.1 Å². The van der Waals surface area contributed by atoms with Crippen molar-refractivity contribution in [3.05, 3.63) is 10.4 Å². The zero-order valence-electron chi connectivity index (χ0n) is 12.3. The maximum atomic E-state index is 11.6. The van der Waals surface area contributed by atoms with Gasteiger partial charge >= 0.3 is 5.97 Å². The van der Waals surface area contributed by atoms with Gasteiger partial charge in [0, 0.05) is 11.3 Å². The fraction of sp³-hybridized carbons (Fsp3) is 0.929. The van der Waals surface area contributed by atoms with E-state index >= 15 is 0 Å². The third kappa shape index (κ3) is 4.13. The van der Waals surface area contributed by atoms with E-state index in [-0.39, 0.29) is 5.97 Å². The Morgan fingerprint density at radius 2 is 2.26 bits per heavy atom. The third-order valence-electron chi connectivity index (χ3n) is 4.18. The van der Waals surface area contributed by atoms with Gasteiger partial charge in [-0.25, -0.2) is 0 Å². The summed E-state index contributed by atoms with van der Waals surface area (Å²) >= 11 is 0. The lowest BCUT2D eigenvalue weighted by Crippen LogP contribution is -2.41. The summed E-state index contributed by atoms with van der Waals surface area (Å²) in [6.07, 6.45) is 5.18. The third-order valence-corrected chi connectivity index (χ3v) is 4.18. The van der Waals surface area contributed by atoms with Crippen molar-refractivity contribution in [1.82, 2.24) is 0 Å². The Balaban J connectivity index is 2.81. The highest BCUT2D eigenvalue weighted by Crippen LogP contribution is 2.44. The van der Waals surface area contributed by atoms with Crippen molar-refractivity contribution in [1.29, 1.82) is 0 Å². The van der Waals surface area contributed by atoms with E-state index in [4.69, 9.17) is 10.3 Å². The van der Waals surface area contributed by atoms with Crippen molar-refractivity contribution >= 4 is 5.97 Å². The van der Waals surface area contributed by atoms with E-state index in [2.05, 4.69) is 23.9 Å². The normalized spacial score (nSPS) is 26.8. The van der Waals surface area contributed by atoms with Crippen LogP contribution in [0.4, 0.5) is 0 Å². The molecule has 0 aliphatic heterocycles. The number of azide groups is 1. The molecular weight excluding hydrogens is 242 g/mol. The fourth-order valence-corrected chi connectivity index (χ4v) is 3.33. The summed E-state index contributed by atoms with van der Waals surface area (Å²) in [6.45, 7) is 6.55. The van der Waals surface area contributed by atoms with Crippen LogP contribution in [0.5, 0.6) is 0 Å². The van der Waals surface area contributed by atoms with Crippen LogP contribution in [0.1, 0.15) is 59.3 Å². The van der Waals surface area contributed by atoms with E-state index in [1.165, 1.54) is 6.42 Å². The van der Waals surface area contributed by atoms with Gasteiger partial charge in [0.15, 0.2) is 0 Å². The highest BCUT2D eigenvalue weighted by atomic mass is 16.5. The summed E-state index contributed by atoms with van der Waals surface area (Å²) < 4.78 is 4.98. The highest BCUT2D eigenvalue weighted by Gasteiger charge is 2.41. The molecule has 0 N–H and O–H groups in total. The molecule has 1 aliphatic carbocycles. The number of hydrogen-bond acceptors (Lipinski definition) is 3. The molecule has 1 fully saturated rings. The average molecular weight is 267 g/mol. The molecule has 0 saturated heterocycles. The van der Waals surface area contributed by atoms with E-state index in [0.717, 1.165) is 19.3 Å². The molecule has 0 aromatic rings. The van der Waals surface area contributed by atoms with Crippen molar-refractivity contribution in [2.24, 2.45) is 17.0 Å². The summed E-state index contributed by atoms with van der Waals surface area (Å²) in [6, 6.07) is 0. The standard InChI is InChI=1S/C14H25N3O2/c1-4-19-13(18)8-10-14(16-17-15)9-6-5-7-12(14)11(2)3/h11-12H,4-10H2,1-3H3/t12-,14-/m1/s1. The summed E-state index contributed by atoms with van der Waals surface area (Å²) in [5, 5.41) is 4.12. The lowest BCUT2D eigenvalue weighted by Gasteiger charge is -2.43. The van der Waals surface area contributed by atoms with Gasteiger partial charge in [-0.05, 0) is 43.6 Å². The molecule has 19 heavy (non-hydrogen) atoms. The fourth-order valence-electron chi connectivity index (χ4n) is 3.33. The number of rotatable bonds is 6. The first-order chi connectivity index (χ1) is 9.05. The highest BCUT2D eigenvalue weighted by molar-refractivity contribution is 5.69. The predicted octanol–water partition coefficient (Wildman–Crippen LogP) is 4.23. The second-order valence-electron chi connectivity index (χ2n) is 5.69. The van der Waals surface area contributed by atoms with Gasteiger partial charge in [0.1, 0.15) is 0 Å². The summed E-state index contributed by atoms with van der Waals surface area (Å²) in [5.41, 5.74) is 8.50. The quantitative estimate of drug-likeness (QED) is 0.312. The van der Waals surface area contributed by atoms with Gasteiger partial charge < -0.3 is 4.74 Å². The van der Waals surface area contributed by atoms with Crippen molar-refractivity contribution < 1.29 is 9.53 Å². The Kier molecular flexibility index (Phi) is 6.16. The van der Waals surface area contributed by atoms with Crippen LogP contribution in [-0.4, -0.2) is 18.1 Å². The number of carbonyl (C=O) groups excluding carboxylic acids is 1. The molecule has 0 spiro atoms. The van der Waals surface area contributed by atoms with Crippen molar-refractivity contribution in [3.63, 3.8) is 0 Å². The lowest BCUT2D eigenvalue weighted by molar-refractivity contribution is -0.143. The molecule has 1 saturated carbocycles. The lowest BCUT2D eigenvalue weighted by atomic mass is 9.66. The molecule has 0 bridgehead atoms. The Morgan fingerprint density at radius 3 is 2.84 bits per heavy atom. The Bertz CT molecular complexity index is 351. The summed E-state index contributed by atoms with van der Waals surface area (Å²) in [4.78, 5) is 14.6. The second-order valence-corrected chi connectivity index (χ2v) is 5.69. The van der Waals surface area contributed by atoms with Crippen LogP contribution < -0.4 is 0 Å². The topological polar surface area (TPSA) is 75.1 Å². The minimum Gasteiger partial charge on any atom is -0.466 e. The number of hydrogen-bond donors (Lipinski definition) is 0. The van der Waals surface area contributed by atoms with Gasteiger partial charge in [-0.3, -0.25) is 4.79 Å². The first-order valence-electron chi connectivity index (χ1n) is 7.27. The van der Waals surface area contributed by atoms with Crippen molar-refractivity contribution in [2.75, 3.05) is 6.61 Å². The molecule has 1 aliphatic rings. The molecular formula is C14H25N3O2. The number of esters is 1. The minimum atomic E-state index is -0.395. The molecule has 5 nitrogen and oxygen atoms in total. The van der Waals surface area contributed by atoms with Crippen LogP contribution in [0.25, 0.3) is 10.4 Å². The SMILES string of the molecule is CCOC(=O)CC[C@]1(N=[N+]=[N-])CCCC[C@@H]1C(C)C. The first-order valence-corrected chi connectivity index (χ1v) is 7.27. The van der Waals surface area contributed by atoms with Crippen LogP contribution >= 0.6 is 0 Å². The van der Waals surface area contributed by atoms with E-state index in [1.807, 2.05) is 0 Å². The average Bonchev–Trinajstić information content (AvgIpc) is 2.37. The van der Waals surface area contributed by atoms with Crippen LogP contribution in [0.3, 0.4) is 0 Å². The predicted molar refractivity (Wildman–Crippen MR) is 74.5 cm³/mol. The van der Waals surface area contributed by atoms with Crippen molar-refractivity contribution in [2.45, 2.75) is 64.8 Å². The number of carbonyl (C=O) groups is 1. The van der Waals surface area contributed by atoms with Gasteiger partial charge in [0.25, 0.3) is 0 Å². The smallest absolute Gasteiger partial charge is 0.305 e. The molecule has 5 heteroatoms. The van der Waals surface area contributed by atoms with Crippen LogP contribution in [0, 0.1) is 11.8 Å². The van der Waals surface area contributed by atoms with Crippen LogP contribution in [0.2, 0.25) is 0 Å². The largest absolute Gasteiger partial charge is 0.466 e. The molecule has 2 atom stereocenters. The molecule has 0 aromatic carbocycles. The Labute approximate surface area is 115 Å². The molecule has 0 unspecified atom stereocenters. The summed E-state index contributed by atoms with van der Waals surface area (Å²) in [5.74, 6) is 0.641. The minimum absolute atomic E-state index is 0.192. The number of ether oxygens (including phenoxy) is 1. The van der Waals surface area contributed by atoms with Gasteiger partial charge in [-0.2, -0.15) is 0 Å². The monoisotopic (exact) mass is 267 g/mol. The van der Waals surface area contributed by atoms with Gasteiger partial charge in [-0.15, -0.1) is 0 Å². The maximum Gasteiger partial charge on any atom is 0.305 e.